The standard InChI is InChI=1S/C9H8N4/c10-3-1-9(12)8-2-4-13-6-7(8)5-11/h2,4,6,9H,1,12H2. The molecular formula is C9H8N4. The average molecular weight is 172 g/mol. The van der Waals surface area contributed by atoms with Gasteiger partial charge in [-0.2, -0.15) is 10.5 Å². The van der Waals surface area contributed by atoms with Gasteiger partial charge in [0.1, 0.15) is 6.07 Å². The summed E-state index contributed by atoms with van der Waals surface area (Å²) in [4.78, 5) is 3.80. The van der Waals surface area contributed by atoms with Gasteiger partial charge >= 0.3 is 0 Å². The number of pyridine rings is 1. The van der Waals surface area contributed by atoms with E-state index in [0.29, 0.717) is 11.1 Å². The molecule has 0 radical (unpaired) electrons. The van der Waals surface area contributed by atoms with E-state index in [1.165, 1.54) is 6.20 Å². The Labute approximate surface area is 76.2 Å². The summed E-state index contributed by atoms with van der Waals surface area (Å²) in [5, 5.41) is 17.1. The van der Waals surface area contributed by atoms with Crippen molar-refractivity contribution in [2.75, 3.05) is 0 Å². The molecule has 1 aromatic rings. The molecule has 2 N–H and O–H groups in total. The van der Waals surface area contributed by atoms with Gasteiger partial charge in [-0.1, -0.05) is 0 Å². The third-order valence-electron chi connectivity index (χ3n) is 1.69. The van der Waals surface area contributed by atoms with Crippen LogP contribution >= 0.6 is 0 Å². The molecule has 0 aliphatic heterocycles. The number of aromatic nitrogens is 1. The van der Waals surface area contributed by atoms with E-state index in [4.69, 9.17) is 16.3 Å². The minimum absolute atomic E-state index is 0.207. The summed E-state index contributed by atoms with van der Waals surface area (Å²) in [6.45, 7) is 0. The van der Waals surface area contributed by atoms with Gasteiger partial charge in [0.2, 0.25) is 0 Å². The fourth-order valence-corrected chi connectivity index (χ4v) is 1.03. The molecule has 1 heterocycles. The van der Waals surface area contributed by atoms with Crippen molar-refractivity contribution in [2.45, 2.75) is 12.5 Å². The normalized spacial score (nSPS) is 11.3. The molecule has 64 valence electrons. The Balaban J connectivity index is 3.02. The summed E-state index contributed by atoms with van der Waals surface area (Å²) in [6, 6.07) is 5.21. The van der Waals surface area contributed by atoms with Gasteiger partial charge < -0.3 is 5.73 Å². The topological polar surface area (TPSA) is 86.5 Å². The molecule has 1 unspecified atom stereocenters. The van der Waals surface area contributed by atoms with E-state index < -0.39 is 6.04 Å². The van der Waals surface area contributed by atoms with Crippen LogP contribution in [0.2, 0.25) is 0 Å². The van der Waals surface area contributed by atoms with Gasteiger partial charge in [-0.3, -0.25) is 4.98 Å². The van der Waals surface area contributed by atoms with E-state index in [0.717, 1.165) is 0 Å². The molecule has 4 heteroatoms. The maximum atomic E-state index is 8.71. The van der Waals surface area contributed by atoms with Crippen LogP contribution in [0.15, 0.2) is 18.5 Å². The first kappa shape index (κ1) is 9.18. The highest BCUT2D eigenvalue weighted by Crippen LogP contribution is 2.16. The van der Waals surface area contributed by atoms with E-state index in [1.54, 1.807) is 12.3 Å². The summed E-state index contributed by atoms with van der Waals surface area (Å²) >= 11 is 0. The Hall–Kier alpha value is -1.91. The van der Waals surface area contributed by atoms with E-state index in [9.17, 15) is 0 Å². The molecule has 0 amide bonds. The molecule has 1 aromatic heterocycles. The van der Waals surface area contributed by atoms with E-state index in [1.807, 2.05) is 12.1 Å². The maximum absolute atomic E-state index is 8.71. The first-order chi connectivity index (χ1) is 6.29. The predicted octanol–water partition coefficient (Wildman–Crippen LogP) is 0.867. The van der Waals surface area contributed by atoms with Crippen LogP contribution in [0.25, 0.3) is 0 Å². The van der Waals surface area contributed by atoms with Crippen molar-refractivity contribution in [1.29, 1.82) is 10.5 Å². The smallest absolute Gasteiger partial charge is 0.101 e. The number of nitriles is 2. The molecule has 0 spiro atoms. The second-order valence-corrected chi connectivity index (χ2v) is 2.54. The van der Waals surface area contributed by atoms with Crippen molar-refractivity contribution in [3.05, 3.63) is 29.6 Å². The van der Waals surface area contributed by atoms with Gasteiger partial charge in [-0.15, -0.1) is 0 Å². The summed E-state index contributed by atoms with van der Waals surface area (Å²) in [5.41, 5.74) is 6.80. The lowest BCUT2D eigenvalue weighted by Crippen LogP contribution is -2.11. The second-order valence-electron chi connectivity index (χ2n) is 2.54. The van der Waals surface area contributed by atoms with Crippen molar-refractivity contribution < 1.29 is 0 Å². The van der Waals surface area contributed by atoms with Crippen LogP contribution in [-0.2, 0) is 0 Å². The average Bonchev–Trinajstić information content (AvgIpc) is 2.18. The molecular weight excluding hydrogens is 164 g/mol. The molecule has 1 atom stereocenters. The zero-order valence-corrected chi connectivity index (χ0v) is 6.94. The van der Waals surface area contributed by atoms with Crippen molar-refractivity contribution in [3.63, 3.8) is 0 Å². The Morgan fingerprint density at radius 2 is 2.31 bits per heavy atom. The van der Waals surface area contributed by atoms with Crippen LogP contribution in [0, 0.1) is 22.7 Å². The van der Waals surface area contributed by atoms with E-state index >= 15 is 0 Å². The Bertz CT molecular complexity index is 372. The highest BCUT2D eigenvalue weighted by molar-refractivity contribution is 5.36. The lowest BCUT2D eigenvalue weighted by Gasteiger charge is -2.08. The molecule has 0 bridgehead atoms. The van der Waals surface area contributed by atoms with Crippen molar-refractivity contribution in [1.82, 2.24) is 4.98 Å². The minimum Gasteiger partial charge on any atom is -0.323 e. The monoisotopic (exact) mass is 172 g/mol. The van der Waals surface area contributed by atoms with Gasteiger partial charge in [0, 0.05) is 18.4 Å². The lowest BCUT2D eigenvalue weighted by molar-refractivity contribution is 0.744. The van der Waals surface area contributed by atoms with Crippen molar-refractivity contribution in [3.8, 4) is 12.1 Å². The molecule has 0 aliphatic carbocycles. The third-order valence-corrected chi connectivity index (χ3v) is 1.69. The van der Waals surface area contributed by atoms with Gasteiger partial charge in [-0.25, -0.2) is 0 Å². The zero-order valence-electron chi connectivity index (χ0n) is 6.94. The number of nitrogens with zero attached hydrogens (tertiary/aromatic N) is 3. The molecule has 0 saturated heterocycles. The largest absolute Gasteiger partial charge is 0.323 e. The van der Waals surface area contributed by atoms with Crippen LogP contribution in [0.1, 0.15) is 23.6 Å². The minimum atomic E-state index is -0.400. The van der Waals surface area contributed by atoms with Gasteiger partial charge in [0.05, 0.1) is 18.1 Å². The van der Waals surface area contributed by atoms with E-state index in [-0.39, 0.29) is 6.42 Å². The quantitative estimate of drug-likeness (QED) is 0.716. The van der Waals surface area contributed by atoms with Crippen LogP contribution in [-0.4, -0.2) is 4.98 Å². The molecule has 0 aromatic carbocycles. The highest BCUT2D eigenvalue weighted by atomic mass is 14.7. The highest BCUT2D eigenvalue weighted by Gasteiger charge is 2.09. The summed E-state index contributed by atoms with van der Waals surface area (Å²) < 4.78 is 0. The molecule has 1 rings (SSSR count). The van der Waals surface area contributed by atoms with Gasteiger partial charge in [0.25, 0.3) is 0 Å². The zero-order chi connectivity index (χ0) is 9.68. The Kier molecular flexibility index (Phi) is 2.97. The third kappa shape index (κ3) is 2.02. The van der Waals surface area contributed by atoms with Crippen LogP contribution < -0.4 is 5.73 Å². The molecule has 0 fully saturated rings. The fourth-order valence-electron chi connectivity index (χ4n) is 1.03. The predicted molar refractivity (Wildman–Crippen MR) is 46.1 cm³/mol. The number of rotatable bonds is 2. The van der Waals surface area contributed by atoms with Crippen molar-refractivity contribution in [2.24, 2.45) is 5.73 Å². The Morgan fingerprint density at radius 3 is 2.92 bits per heavy atom. The number of nitrogens with two attached hydrogens (primary N) is 1. The van der Waals surface area contributed by atoms with Crippen LogP contribution in [0.5, 0.6) is 0 Å². The maximum Gasteiger partial charge on any atom is 0.101 e. The SMILES string of the molecule is N#CCC(N)c1ccncc1C#N. The van der Waals surface area contributed by atoms with Crippen LogP contribution in [0.3, 0.4) is 0 Å². The second kappa shape index (κ2) is 4.20. The summed E-state index contributed by atoms with van der Waals surface area (Å²) in [6.07, 6.45) is 3.22. The number of hydrogen-bond acceptors (Lipinski definition) is 4. The van der Waals surface area contributed by atoms with Crippen LogP contribution in [0.4, 0.5) is 0 Å². The van der Waals surface area contributed by atoms with Gasteiger partial charge in [-0.05, 0) is 11.6 Å². The van der Waals surface area contributed by atoms with Crippen molar-refractivity contribution >= 4 is 0 Å². The molecule has 13 heavy (non-hydrogen) atoms. The summed E-state index contributed by atoms with van der Waals surface area (Å²) in [7, 11) is 0. The van der Waals surface area contributed by atoms with E-state index in [2.05, 4.69) is 4.98 Å². The molecule has 4 nitrogen and oxygen atoms in total. The fraction of sp³-hybridized carbons (Fsp3) is 0.222. The first-order valence-corrected chi connectivity index (χ1v) is 3.76. The Morgan fingerprint density at radius 1 is 1.54 bits per heavy atom. The first-order valence-electron chi connectivity index (χ1n) is 3.76. The number of hydrogen-bond donors (Lipinski definition) is 1. The van der Waals surface area contributed by atoms with Gasteiger partial charge in [0.15, 0.2) is 0 Å². The molecule has 0 saturated carbocycles. The molecule has 0 aliphatic rings. The lowest BCUT2D eigenvalue weighted by atomic mass is 10.0. The summed E-state index contributed by atoms with van der Waals surface area (Å²) in [5.74, 6) is 0.